The third-order valence-electron chi connectivity index (χ3n) is 3.51. The number of pyridine rings is 1. The van der Waals surface area contributed by atoms with Crippen molar-refractivity contribution in [2.75, 3.05) is 12.8 Å². The smallest absolute Gasteiger partial charge is 0.133 e. The summed E-state index contributed by atoms with van der Waals surface area (Å²) in [6, 6.07) is 3.55. The van der Waals surface area contributed by atoms with E-state index in [9.17, 15) is 0 Å². The highest BCUT2D eigenvalue weighted by Gasteiger charge is 2.32. The van der Waals surface area contributed by atoms with E-state index < -0.39 is 0 Å². The molecular weight excluding hydrogens is 232 g/mol. The van der Waals surface area contributed by atoms with Gasteiger partial charge in [-0.1, -0.05) is 12.8 Å². The number of aromatic hydroxyl groups is 1. The van der Waals surface area contributed by atoms with Gasteiger partial charge in [0.15, 0.2) is 0 Å². The van der Waals surface area contributed by atoms with Gasteiger partial charge in [0.05, 0.1) is 11.9 Å². The number of rotatable bonds is 5. The van der Waals surface area contributed by atoms with Crippen molar-refractivity contribution < 1.29 is 5.11 Å². The van der Waals surface area contributed by atoms with Crippen molar-refractivity contribution in [1.82, 2.24) is 10.3 Å². The second-order valence-corrected chi connectivity index (χ2v) is 5.98. The van der Waals surface area contributed by atoms with Gasteiger partial charge in [-0.05, 0) is 31.2 Å². The molecule has 1 fully saturated rings. The molecule has 0 unspecified atom stereocenters. The first-order chi connectivity index (χ1) is 8.24. The second-order valence-electron chi connectivity index (χ2n) is 4.71. The van der Waals surface area contributed by atoms with Gasteiger partial charge in [0.1, 0.15) is 5.75 Å². The average Bonchev–Trinajstić information content (AvgIpc) is 2.81. The molecule has 1 aromatic heterocycles. The Morgan fingerprint density at radius 2 is 2.18 bits per heavy atom. The molecule has 0 bridgehead atoms. The van der Waals surface area contributed by atoms with Crippen molar-refractivity contribution in [3.8, 4) is 5.75 Å². The van der Waals surface area contributed by atoms with E-state index in [0.717, 1.165) is 18.8 Å². The van der Waals surface area contributed by atoms with E-state index in [2.05, 4.69) is 16.6 Å². The van der Waals surface area contributed by atoms with E-state index in [4.69, 9.17) is 5.11 Å². The number of hydrogen-bond donors (Lipinski definition) is 2. The van der Waals surface area contributed by atoms with E-state index >= 15 is 0 Å². The number of thioether (sulfide) groups is 1. The van der Waals surface area contributed by atoms with E-state index in [-0.39, 0.29) is 5.75 Å². The average molecular weight is 252 g/mol. The molecule has 0 radical (unpaired) electrons. The normalized spacial score (nSPS) is 18.4. The Bertz CT molecular complexity index is 347. The van der Waals surface area contributed by atoms with Crippen LogP contribution in [0.2, 0.25) is 0 Å². The summed E-state index contributed by atoms with van der Waals surface area (Å²) in [5.41, 5.74) is 0.983. The molecule has 94 valence electrons. The molecule has 1 saturated carbocycles. The molecule has 17 heavy (non-hydrogen) atoms. The SMILES string of the molecule is CSC1(CNCc2ccc(O)cn2)CCCC1. The van der Waals surface area contributed by atoms with Crippen LogP contribution in [0.5, 0.6) is 5.75 Å². The predicted molar refractivity (Wildman–Crippen MR) is 72.3 cm³/mol. The Morgan fingerprint density at radius 3 is 2.76 bits per heavy atom. The van der Waals surface area contributed by atoms with Crippen molar-refractivity contribution in [3.63, 3.8) is 0 Å². The largest absolute Gasteiger partial charge is 0.506 e. The quantitative estimate of drug-likeness (QED) is 0.845. The highest BCUT2D eigenvalue weighted by molar-refractivity contribution is 8.00. The summed E-state index contributed by atoms with van der Waals surface area (Å²) < 4.78 is 0.441. The second kappa shape index (κ2) is 5.74. The third kappa shape index (κ3) is 3.36. The molecular formula is C13H20N2OS. The van der Waals surface area contributed by atoms with Crippen LogP contribution in [0.1, 0.15) is 31.4 Å². The minimum absolute atomic E-state index is 0.227. The van der Waals surface area contributed by atoms with Gasteiger partial charge in [0, 0.05) is 17.8 Å². The van der Waals surface area contributed by atoms with Gasteiger partial charge in [-0.15, -0.1) is 0 Å². The molecule has 1 aliphatic rings. The molecule has 1 aromatic rings. The molecule has 3 nitrogen and oxygen atoms in total. The lowest BCUT2D eigenvalue weighted by Crippen LogP contribution is -2.34. The lowest BCUT2D eigenvalue weighted by atomic mass is 10.1. The summed E-state index contributed by atoms with van der Waals surface area (Å²) in [5, 5.41) is 12.6. The number of nitrogens with one attached hydrogen (secondary N) is 1. The number of hydrogen-bond acceptors (Lipinski definition) is 4. The van der Waals surface area contributed by atoms with Crippen LogP contribution in [0.4, 0.5) is 0 Å². The maximum absolute atomic E-state index is 9.15. The zero-order valence-electron chi connectivity index (χ0n) is 10.3. The van der Waals surface area contributed by atoms with Crippen LogP contribution in [0, 0.1) is 0 Å². The van der Waals surface area contributed by atoms with Crippen LogP contribution < -0.4 is 5.32 Å². The third-order valence-corrected chi connectivity index (χ3v) is 4.93. The van der Waals surface area contributed by atoms with Gasteiger partial charge in [-0.3, -0.25) is 4.98 Å². The van der Waals surface area contributed by atoms with Crippen LogP contribution in [-0.4, -0.2) is 27.6 Å². The molecule has 2 N–H and O–H groups in total. The Morgan fingerprint density at radius 1 is 1.41 bits per heavy atom. The highest BCUT2D eigenvalue weighted by atomic mass is 32.2. The highest BCUT2D eigenvalue weighted by Crippen LogP contribution is 2.39. The fourth-order valence-electron chi connectivity index (χ4n) is 2.41. The summed E-state index contributed by atoms with van der Waals surface area (Å²) in [7, 11) is 0. The predicted octanol–water partition coefficient (Wildman–Crippen LogP) is 2.55. The van der Waals surface area contributed by atoms with Crippen LogP contribution in [0.3, 0.4) is 0 Å². The maximum Gasteiger partial charge on any atom is 0.133 e. The monoisotopic (exact) mass is 252 g/mol. The van der Waals surface area contributed by atoms with Crippen molar-refractivity contribution in [2.45, 2.75) is 37.0 Å². The van der Waals surface area contributed by atoms with Crippen LogP contribution in [0.25, 0.3) is 0 Å². The molecule has 0 aliphatic heterocycles. The number of nitrogens with zero attached hydrogens (tertiary/aromatic N) is 1. The molecule has 1 heterocycles. The van der Waals surface area contributed by atoms with Crippen LogP contribution in [-0.2, 0) is 6.54 Å². The first kappa shape index (κ1) is 12.7. The maximum atomic E-state index is 9.15. The molecule has 0 aromatic carbocycles. The number of aromatic nitrogens is 1. The van der Waals surface area contributed by atoms with Crippen molar-refractivity contribution in [1.29, 1.82) is 0 Å². The molecule has 0 amide bonds. The Kier molecular flexibility index (Phi) is 4.29. The zero-order valence-corrected chi connectivity index (χ0v) is 11.1. The molecule has 0 atom stereocenters. The lowest BCUT2D eigenvalue weighted by Gasteiger charge is -2.27. The first-order valence-electron chi connectivity index (χ1n) is 6.14. The molecule has 2 rings (SSSR count). The lowest BCUT2D eigenvalue weighted by molar-refractivity contribution is 0.471. The molecule has 0 saturated heterocycles. The van der Waals surface area contributed by atoms with Crippen LogP contribution in [0.15, 0.2) is 18.3 Å². The topological polar surface area (TPSA) is 45.1 Å². The summed E-state index contributed by atoms with van der Waals surface area (Å²) in [6.45, 7) is 1.83. The summed E-state index contributed by atoms with van der Waals surface area (Å²) in [6.07, 6.45) is 9.08. The summed E-state index contributed by atoms with van der Waals surface area (Å²) in [5.74, 6) is 0.227. The minimum Gasteiger partial charge on any atom is -0.506 e. The first-order valence-corrected chi connectivity index (χ1v) is 7.36. The van der Waals surface area contributed by atoms with Gasteiger partial charge in [-0.25, -0.2) is 0 Å². The Labute approximate surface area is 107 Å². The van der Waals surface area contributed by atoms with Gasteiger partial charge in [-0.2, -0.15) is 11.8 Å². The summed E-state index contributed by atoms with van der Waals surface area (Å²) >= 11 is 1.99. The van der Waals surface area contributed by atoms with Gasteiger partial charge in [0.25, 0.3) is 0 Å². The van der Waals surface area contributed by atoms with E-state index in [0.29, 0.717) is 4.75 Å². The van der Waals surface area contributed by atoms with Gasteiger partial charge < -0.3 is 10.4 Å². The molecule has 1 aliphatic carbocycles. The molecule has 4 heteroatoms. The Hall–Kier alpha value is -0.740. The Balaban J connectivity index is 1.80. The van der Waals surface area contributed by atoms with Gasteiger partial charge in [0.2, 0.25) is 0 Å². The summed E-state index contributed by atoms with van der Waals surface area (Å²) in [4.78, 5) is 4.17. The minimum atomic E-state index is 0.227. The van der Waals surface area contributed by atoms with Crippen molar-refractivity contribution in [3.05, 3.63) is 24.0 Å². The fourth-order valence-corrected chi connectivity index (χ4v) is 3.36. The van der Waals surface area contributed by atoms with Crippen LogP contribution >= 0.6 is 11.8 Å². The fraction of sp³-hybridized carbons (Fsp3) is 0.615. The molecule has 0 spiro atoms. The van der Waals surface area contributed by atoms with E-state index in [1.807, 2.05) is 17.8 Å². The van der Waals surface area contributed by atoms with Crippen molar-refractivity contribution >= 4 is 11.8 Å². The zero-order chi connectivity index (χ0) is 12.1. The van der Waals surface area contributed by atoms with Gasteiger partial charge >= 0.3 is 0 Å². The standard InChI is InChI=1S/C13H20N2OS/c1-17-13(6-2-3-7-13)10-14-8-11-4-5-12(16)9-15-11/h4-5,9,14,16H,2-3,6-8,10H2,1H3. The van der Waals surface area contributed by atoms with E-state index in [1.54, 1.807) is 6.07 Å². The van der Waals surface area contributed by atoms with E-state index in [1.165, 1.54) is 31.9 Å². The van der Waals surface area contributed by atoms with Crippen molar-refractivity contribution in [2.24, 2.45) is 0 Å².